The number of hydrogen-bond acceptors (Lipinski definition) is 1. The third kappa shape index (κ3) is 2.56. The molecule has 27 heavy (non-hydrogen) atoms. The number of anilines is 1. The van der Waals surface area contributed by atoms with Crippen LogP contribution in [0.3, 0.4) is 0 Å². The van der Waals surface area contributed by atoms with Crippen LogP contribution >= 0.6 is 0 Å². The monoisotopic (exact) mass is 345 g/mol. The van der Waals surface area contributed by atoms with Crippen LogP contribution in [-0.4, -0.2) is 0 Å². The minimum absolute atomic E-state index is 0.847. The van der Waals surface area contributed by atoms with Crippen molar-refractivity contribution in [2.24, 2.45) is 0 Å². The third-order valence-electron chi connectivity index (χ3n) is 5.23. The molecule has 0 saturated carbocycles. The average Bonchev–Trinajstić information content (AvgIpc) is 2.74. The van der Waals surface area contributed by atoms with Gasteiger partial charge in [0.2, 0.25) is 0 Å². The fourth-order valence-electron chi connectivity index (χ4n) is 3.95. The molecular weight excluding hydrogens is 326 g/mol. The minimum Gasteiger partial charge on any atom is -0.398 e. The molecule has 0 heterocycles. The molecule has 5 aromatic carbocycles. The van der Waals surface area contributed by atoms with Crippen LogP contribution in [0.5, 0.6) is 0 Å². The molecule has 0 aliphatic rings. The molecule has 2 N–H and O–H groups in total. The topological polar surface area (TPSA) is 26.0 Å². The summed E-state index contributed by atoms with van der Waals surface area (Å²) < 4.78 is 0. The molecule has 0 aromatic heterocycles. The number of hydrogen-bond donors (Lipinski definition) is 1. The van der Waals surface area contributed by atoms with Crippen LogP contribution < -0.4 is 5.73 Å². The van der Waals surface area contributed by atoms with Gasteiger partial charge in [0.05, 0.1) is 0 Å². The van der Waals surface area contributed by atoms with Crippen molar-refractivity contribution < 1.29 is 0 Å². The number of rotatable bonds is 2. The molecule has 1 heteroatoms. The maximum Gasteiger partial charge on any atom is 0.0473 e. The lowest BCUT2D eigenvalue weighted by Crippen LogP contribution is -1.93. The van der Waals surface area contributed by atoms with E-state index in [0.717, 1.165) is 16.5 Å². The van der Waals surface area contributed by atoms with E-state index in [1.165, 1.54) is 33.0 Å². The van der Waals surface area contributed by atoms with Gasteiger partial charge in [-0.3, -0.25) is 0 Å². The van der Waals surface area contributed by atoms with E-state index < -0.39 is 0 Å². The molecule has 0 aliphatic carbocycles. The van der Waals surface area contributed by atoms with Gasteiger partial charge in [-0.1, -0.05) is 97.1 Å². The summed E-state index contributed by atoms with van der Waals surface area (Å²) in [4.78, 5) is 0. The fourth-order valence-corrected chi connectivity index (χ4v) is 3.95. The van der Waals surface area contributed by atoms with Crippen LogP contribution in [0.15, 0.2) is 103 Å². The highest BCUT2D eigenvalue weighted by Crippen LogP contribution is 2.41. The van der Waals surface area contributed by atoms with Crippen LogP contribution in [0.1, 0.15) is 0 Å². The molecule has 0 unspecified atom stereocenters. The zero-order chi connectivity index (χ0) is 18.2. The number of fused-ring (bicyclic) bond motifs is 2. The molecule has 0 radical (unpaired) electrons. The van der Waals surface area contributed by atoms with Crippen molar-refractivity contribution in [2.45, 2.75) is 0 Å². The van der Waals surface area contributed by atoms with Crippen LogP contribution in [0.25, 0.3) is 43.8 Å². The van der Waals surface area contributed by atoms with E-state index in [-0.39, 0.29) is 0 Å². The Morgan fingerprint density at radius 3 is 1.85 bits per heavy atom. The quantitative estimate of drug-likeness (QED) is 0.273. The Morgan fingerprint density at radius 2 is 1.11 bits per heavy atom. The lowest BCUT2D eigenvalue weighted by Gasteiger charge is -2.16. The summed E-state index contributed by atoms with van der Waals surface area (Å²) >= 11 is 0. The highest BCUT2D eigenvalue weighted by atomic mass is 14.6. The standard InChI is InChI=1S/C26H19N/c27-26-22-14-8-7-13-20(22)17-24-23(26)16-15-21(18-9-3-1-4-10-18)25(24)19-11-5-2-6-12-19/h1-17H,27H2. The molecule has 5 rings (SSSR count). The number of nitrogen functional groups attached to an aromatic ring is 1. The first kappa shape index (κ1) is 15.7. The van der Waals surface area contributed by atoms with Gasteiger partial charge in [-0.25, -0.2) is 0 Å². The molecule has 1 nitrogen and oxygen atoms in total. The van der Waals surface area contributed by atoms with E-state index in [9.17, 15) is 0 Å². The van der Waals surface area contributed by atoms with Crippen molar-refractivity contribution in [2.75, 3.05) is 5.73 Å². The fraction of sp³-hybridized carbons (Fsp3) is 0. The minimum atomic E-state index is 0.847. The van der Waals surface area contributed by atoms with Gasteiger partial charge >= 0.3 is 0 Å². The van der Waals surface area contributed by atoms with Gasteiger partial charge in [0.15, 0.2) is 0 Å². The maximum atomic E-state index is 6.59. The molecule has 0 saturated heterocycles. The second kappa shape index (κ2) is 6.30. The van der Waals surface area contributed by atoms with Crippen molar-refractivity contribution >= 4 is 27.2 Å². The summed E-state index contributed by atoms with van der Waals surface area (Å²) in [6.07, 6.45) is 0. The largest absolute Gasteiger partial charge is 0.398 e. The smallest absolute Gasteiger partial charge is 0.0473 e. The van der Waals surface area contributed by atoms with Crippen molar-refractivity contribution in [1.29, 1.82) is 0 Å². The summed E-state index contributed by atoms with van der Waals surface area (Å²) in [6.45, 7) is 0. The van der Waals surface area contributed by atoms with Gasteiger partial charge in [-0.05, 0) is 39.1 Å². The van der Waals surface area contributed by atoms with E-state index >= 15 is 0 Å². The van der Waals surface area contributed by atoms with Crippen LogP contribution in [0, 0.1) is 0 Å². The molecule has 0 spiro atoms. The Morgan fingerprint density at radius 1 is 0.481 bits per heavy atom. The summed E-state index contributed by atoms with van der Waals surface area (Å²) in [5.74, 6) is 0. The lowest BCUT2D eigenvalue weighted by molar-refractivity contribution is 1.61. The van der Waals surface area contributed by atoms with E-state index in [1.54, 1.807) is 0 Å². The first-order valence-electron chi connectivity index (χ1n) is 9.18. The van der Waals surface area contributed by atoms with Crippen LogP contribution in [-0.2, 0) is 0 Å². The van der Waals surface area contributed by atoms with E-state index in [4.69, 9.17) is 5.73 Å². The average molecular weight is 345 g/mol. The second-order valence-electron chi connectivity index (χ2n) is 6.83. The molecular formula is C26H19N. The highest BCUT2D eigenvalue weighted by molar-refractivity contribution is 6.16. The molecule has 5 aromatic rings. The molecule has 0 fully saturated rings. The number of nitrogens with two attached hydrogens (primary N) is 1. The molecule has 0 aliphatic heterocycles. The SMILES string of the molecule is Nc1c2ccccc2cc2c(-c3ccccc3)c(-c3ccccc3)ccc12. The van der Waals surface area contributed by atoms with Crippen molar-refractivity contribution in [3.63, 3.8) is 0 Å². The van der Waals surface area contributed by atoms with Crippen LogP contribution in [0.2, 0.25) is 0 Å². The molecule has 128 valence electrons. The Hall–Kier alpha value is -3.58. The number of benzene rings is 5. The van der Waals surface area contributed by atoms with E-state index in [0.29, 0.717) is 0 Å². The normalized spacial score (nSPS) is 11.1. The van der Waals surface area contributed by atoms with Gasteiger partial charge in [-0.2, -0.15) is 0 Å². The van der Waals surface area contributed by atoms with Crippen molar-refractivity contribution in [3.8, 4) is 22.3 Å². The van der Waals surface area contributed by atoms with Gasteiger partial charge in [-0.15, -0.1) is 0 Å². The zero-order valence-corrected chi connectivity index (χ0v) is 14.9. The van der Waals surface area contributed by atoms with Gasteiger partial charge in [0.1, 0.15) is 0 Å². The van der Waals surface area contributed by atoms with Crippen molar-refractivity contribution in [3.05, 3.63) is 103 Å². The van der Waals surface area contributed by atoms with Crippen LogP contribution in [0.4, 0.5) is 5.69 Å². The lowest BCUT2D eigenvalue weighted by atomic mass is 9.88. The van der Waals surface area contributed by atoms with Gasteiger partial charge in [0.25, 0.3) is 0 Å². The first-order chi connectivity index (χ1) is 13.3. The molecule has 0 amide bonds. The highest BCUT2D eigenvalue weighted by Gasteiger charge is 2.14. The summed E-state index contributed by atoms with van der Waals surface area (Å²) in [6, 6.07) is 36.1. The molecule has 0 atom stereocenters. The first-order valence-corrected chi connectivity index (χ1v) is 9.18. The summed E-state index contributed by atoms with van der Waals surface area (Å²) in [5.41, 5.74) is 12.3. The van der Waals surface area contributed by atoms with Gasteiger partial charge in [0, 0.05) is 16.5 Å². The van der Waals surface area contributed by atoms with E-state index in [1.807, 2.05) is 6.07 Å². The predicted molar refractivity (Wildman–Crippen MR) is 117 cm³/mol. The summed E-state index contributed by atoms with van der Waals surface area (Å²) in [5, 5.41) is 4.58. The summed E-state index contributed by atoms with van der Waals surface area (Å²) in [7, 11) is 0. The predicted octanol–water partition coefficient (Wildman–Crippen LogP) is 6.91. The Balaban J connectivity index is 1.96. The Labute approximate surface area is 158 Å². The third-order valence-corrected chi connectivity index (χ3v) is 5.23. The Bertz CT molecular complexity index is 1260. The second-order valence-corrected chi connectivity index (χ2v) is 6.83. The Kier molecular flexibility index (Phi) is 3.65. The van der Waals surface area contributed by atoms with Gasteiger partial charge < -0.3 is 5.73 Å². The van der Waals surface area contributed by atoms with Crippen molar-refractivity contribution in [1.82, 2.24) is 0 Å². The maximum absolute atomic E-state index is 6.59. The van der Waals surface area contributed by atoms with E-state index in [2.05, 4.69) is 97.1 Å². The zero-order valence-electron chi connectivity index (χ0n) is 14.9. The molecule has 0 bridgehead atoms.